The summed E-state index contributed by atoms with van der Waals surface area (Å²) in [5, 5.41) is 12.1. The van der Waals surface area contributed by atoms with Crippen LogP contribution in [0.3, 0.4) is 0 Å². The van der Waals surface area contributed by atoms with Gasteiger partial charge in [0.2, 0.25) is 0 Å². The quantitative estimate of drug-likeness (QED) is 0.471. The number of nitrogens with zero attached hydrogens (tertiary/aromatic N) is 2. The monoisotopic (exact) mass is 318 g/mol. The van der Waals surface area contributed by atoms with Crippen molar-refractivity contribution in [2.24, 2.45) is 0 Å². The van der Waals surface area contributed by atoms with E-state index in [1.807, 2.05) is 12.1 Å². The molecule has 120 valence electrons. The molecule has 3 aromatic rings. The van der Waals surface area contributed by atoms with Crippen LogP contribution in [-0.2, 0) is 5.54 Å². The molecule has 2 aromatic carbocycles. The average molecular weight is 318 g/mol. The lowest BCUT2D eigenvalue weighted by Crippen LogP contribution is -2.25. The fraction of sp³-hybridized carbons (Fsp3) is 0.200. The third kappa shape index (κ3) is 1.99. The molecule has 0 aliphatic carbocycles. The highest BCUT2D eigenvalue weighted by molar-refractivity contribution is 6.02. The first-order valence-corrected chi connectivity index (χ1v) is 7.98. The van der Waals surface area contributed by atoms with Crippen molar-refractivity contribution in [1.82, 2.24) is 4.57 Å². The second-order valence-corrected chi connectivity index (χ2v) is 6.90. The van der Waals surface area contributed by atoms with Gasteiger partial charge in [-0.2, -0.15) is 0 Å². The van der Waals surface area contributed by atoms with Gasteiger partial charge in [-0.3, -0.25) is 10.1 Å². The van der Waals surface area contributed by atoms with E-state index in [1.54, 1.807) is 12.1 Å². The molecule has 24 heavy (non-hydrogen) atoms. The van der Waals surface area contributed by atoms with Crippen LogP contribution < -0.4 is 0 Å². The Hall–Kier alpha value is -2.88. The summed E-state index contributed by atoms with van der Waals surface area (Å²) in [6.45, 7) is 6.55. The molecule has 4 nitrogen and oxygen atoms in total. The smallest absolute Gasteiger partial charge is 0.269 e. The van der Waals surface area contributed by atoms with E-state index in [1.165, 1.54) is 22.0 Å². The number of hydrogen-bond acceptors (Lipinski definition) is 2. The van der Waals surface area contributed by atoms with Crippen LogP contribution in [0.2, 0.25) is 0 Å². The van der Waals surface area contributed by atoms with E-state index >= 15 is 0 Å². The van der Waals surface area contributed by atoms with Gasteiger partial charge in [-0.1, -0.05) is 24.3 Å². The van der Waals surface area contributed by atoms with E-state index < -0.39 is 0 Å². The van der Waals surface area contributed by atoms with E-state index in [4.69, 9.17) is 0 Å². The largest absolute Gasteiger partial charge is 0.337 e. The third-order valence-corrected chi connectivity index (χ3v) is 4.83. The number of nitro benzene ring substituents is 1. The molecule has 0 amide bonds. The van der Waals surface area contributed by atoms with Crippen molar-refractivity contribution >= 4 is 22.2 Å². The van der Waals surface area contributed by atoms with Crippen LogP contribution in [0.4, 0.5) is 5.69 Å². The van der Waals surface area contributed by atoms with E-state index in [-0.39, 0.29) is 16.1 Å². The Morgan fingerprint density at radius 1 is 1.04 bits per heavy atom. The van der Waals surface area contributed by atoms with Crippen molar-refractivity contribution in [1.29, 1.82) is 0 Å². The normalized spacial score (nSPS) is 15.4. The van der Waals surface area contributed by atoms with Gasteiger partial charge in [0.25, 0.3) is 5.69 Å². The predicted octanol–water partition coefficient (Wildman–Crippen LogP) is 5.37. The summed E-state index contributed by atoms with van der Waals surface area (Å²) in [6.07, 6.45) is 4.45. The molecule has 1 aromatic heterocycles. The topological polar surface area (TPSA) is 48.1 Å². The van der Waals surface area contributed by atoms with Gasteiger partial charge in [-0.25, -0.2) is 0 Å². The zero-order valence-electron chi connectivity index (χ0n) is 13.9. The summed E-state index contributed by atoms with van der Waals surface area (Å²) < 4.78 is 2.31. The minimum Gasteiger partial charge on any atom is -0.337 e. The molecule has 0 spiro atoms. The summed E-state index contributed by atoms with van der Waals surface area (Å²) in [4.78, 5) is 10.5. The van der Waals surface area contributed by atoms with Gasteiger partial charge in [-0.15, -0.1) is 0 Å². The van der Waals surface area contributed by atoms with Gasteiger partial charge in [-0.05, 0) is 44.0 Å². The second-order valence-electron chi connectivity index (χ2n) is 6.90. The Morgan fingerprint density at radius 3 is 2.42 bits per heavy atom. The molecule has 0 atom stereocenters. The highest BCUT2D eigenvalue weighted by Crippen LogP contribution is 2.42. The molecule has 0 fully saturated rings. The first-order valence-electron chi connectivity index (χ1n) is 7.98. The fourth-order valence-electron chi connectivity index (χ4n) is 3.73. The van der Waals surface area contributed by atoms with Crippen molar-refractivity contribution in [3.05, 3.63) is 70.4 Å². The minimum absolute atomic E-state index is 0.101. The number of hydrogen-bond donors (Lipinski definition) is 0. The second kappa shape index (κ2) is 4.81. The molecule has 1 aliphatic heterocycles. The molecular weight excluding hydrogens is 300 g/mol. The summed E-state index contributed by atoms with van der Waals surface area (Å²) in [7, 11) is 0. The van der Waals surface area contributed by atoms with Crippen LogP contribution in [-0.4, -0.2) is 9.49 Å². The molecule has 2 heterocycles. The molecule has 1 aliphatic rings. The number of benzene rings is 2. The molecule has 0 bridgehead atoms. The summed E-state index contributed by atoms with van der Waals surface area (Å²) in [5.74, 6) is 0. The molecule has 0 saturated carbocycles. The zero-order valence-corrected chi connectivity index (χ0v) is 13.9. The number of non-ortho nitro benzene ring substituents is 1. The number of para-hydroxylation sites is 1. The van der Waals surface area contributed by atoms with Crippen molar-refractivity contribution in [3.8, 4) is 11.1 Å². The highest BCUT2D eigenvalue weighted by atomic mass is 16.6. The van der Waals surface area contributed by atoms with Gasteiger partial charge in [0.15, 0.2) is 0 Å². The van der Waals surface area contributed by atoms with Crippen molar-refractivity contribution in [2.75, 3.05) is 0 Å². The third-order valence-electron chi connectivity index (χ3n) is 4.83. The average Bonchev–Trinajstić information content (AvgIpc) is 2.94. The van der Waals surface area contributed by atoms with Gasteiger partial charge < -0.3 is 4.57 Å². The minimum atomic E-state index is -0.365. The van der Waals surface area contributed by atoms with Crippen molar-refractivity contribution in [2.45, 2.75) is 26.3 Å². The Kier molecular flexibility index (Phi) is 2.94. The maximum atomic E-state index is 10.9. The molecular formula is C20H18N2O2. The van der Waals surface area contributed by atoms with E-state index in [0.717, 1.165) is 11.1 Å². The number of rotatable bonds is 2. The molecule has 0 unspecified atom stereocenters. The van der Waals surface area contributed by atoms with Crippen LogP contribution in [0.25, 0.3) is 27.6 Å². The lowest BCUT2D eigenvalue weighted by atomic mass is 9.92. The van der Waals surface area contributed by atoms with Gasteiger partial charge in [0, 0.05) is 34.8 Å². The summed E-state index contributed by atoms with van der Waals surface area (Å²) in [6, 6.07) is 13.1. The van der Waals surface area contributed by atoms with E-state index in [0.29, 0.717) is 0 Å². The predicted molar refractivity (Wildman–Crippen MR) is 97.0 cm³/mol. The van der Waals surface area contributed by atoms with Crippen molar-refractivity contribution < 1.29 is 4.92 Å². The lowest BCUT2D eigenvalue weighted by Gasteiger charge is -2.30. The van der Waals surface area contributed by atoms with E-state index in [2.05, 4.69) is 55.8 Å². The van der Waals surface area contributed by atoms with Gasteiger partial charge in [0.05, 0.1) is 16.0 Å². The van der Waals surface area contributed by atoms with Crippen LogP contribution in [0.1, 0.15) is 26.3 Å². The fourth-order valence-corrected chi connectivity index (χ4v) is 3.73. The first kappa shape index (κ1) is 14.7. The van der Waals surface area contributed by atoms with Gasteiger partial charge >= 0.3 is 0 Å². The zero-order chi connectivity index (χ0) is 17.1. The van der Waals surface area contributed by atoms with Crippen LogP contribution in [0, 0.1) is 10.1 Å². The Labute approximate surface area is 140 Å². The van der Waals surface area contributed by atoms with Crippen LogP contribution in [0.15, 0.2) is 54.7 Å². The highest BCUT2D eigenvalue weighted by Gasteiger charge is 2.27. The van der Waals surface area contributed by atoms with Gasteiger partial charge in [0.1, 0.15) is 0 Å². The summed E-state index contributed by atoms with van der Waals surface area (Å²) >= 11 is 0. The van der Waals surface area contributed by atoms with Crippen molar-refractivity contribution in [3.63, 3.8) is 0 Å². The van der Waals surface area contributed by atoms with Crippen LogP contribution in [0.5, 0.6) is 0 Å². The standard InChI is InChI=1S/C20H18N2O2/c1-13-11-20(2,3)21-12-18(17-6-4-5-16(13)19(17)21)14-7-9-15(10-8-14)22(23)24/h4-12H,1-3H3. The number of aromatic nitrogens is 1. The summed E-state index contributed by atoms with van der Waals surface area (Å²) in [5.41, 5.74) is 5.89. The van der Waals surface area contributed by atoms with Crippen LogP contribution >= 0.6 is 0 Å². The first-order chi connectivity index (χ1) is 11.4. The Balaban J connectivity index is 1.98. The maximum absolute atomic E-state index is 10.9. The lowest BCUT2D eigenvalue weighted by molar-refractivity contribution is -0.384. The Bertz CT molecular complexity index is 1010. The molecule has 4 rings (SSSR count). The molecule has 0 N–H and O–H groups in total. The Morgan fingerprint density at radius 2 is 1.75 bits per heavy atom. The maximum Gasteiger partial charge on any atom is 0.269 e. The molecule has 0 saturated heterocycles. The van der Waals surface area contributed by atoms with E-state index in [9.17, 15) is 10.1 Å². The molecule has 4 heteroatoms. The molecule has 0 radical (unpaired) electrons. The SMILES string of the molecule is CC1=CC(C)(C)n2cc(-c3ccc([N+](=O)[O-])cc3)c3cccc1c32. The number of allylic oxidation sites excluding steroid dienone is 2. The number of nitro groups is 1.